The molecule has 5 heteroatoms. The molecule has 90 valence electrons. The summed E-state index contributed by atoms with van der Waals surface area (Å²) in [5.74, 6) is 0. The average molecular weight is 298 g/mol. The molecule has 0 amide bonds. The predicted molar refractivity (Wildman–Crippen MR) is 78.5 cm³/mol. The van der Waals surface area contributed by atoms with Crippen molar-refractivity contribution in [1.82, 2.24) is 0 Å². The number of anilines is 2. The summed E-state index contributed by atoms with van der Waals surface area (Å²) in [6, 6.07) is 9.07. The van der Waals surface area contributed by atoms with Gasteiger partial charge in [-0.2, -0.15) is 0 Å². The van der Waals surface area contributed by atoms with E-state index in [0.29, 0.717) is 15.1 Å². The third-order valence-electron chi connectivity index (χ3n) is 2.66. The first-order valence-electron chi connectivity index (χ1n) is 5.23. The lowest BCUT2D eigenvalue weighted by atomic mass is 10.2. The molecule has 0 fully saturated rings. The van der Waals surface area contributed by atoms with Crippen molar-refractivity contribution >= 4 is 58.1 Å². The topological polar surface area (TPSA) is 24.4 Å². The van der Waals surface area contributed by atoms with Gasteiger partial charge in [-0.15, -0.1) is 0 Å². The Morgan fingerprint density at radius 1 is 0.889 bits per heavy atom. The fourth-order valence-electron chi connectivity index (χ4n) is 1.78. The molecule has 2 aromatic carbocycles. The fourth-order valence-corrected chi connectivity index (χ4v) is 2.28. The van der Waals surface area contributed by atoms with Gasteiger partial charge < -0.3 is 5.32 Å². The van der Waals surface area contributed by atoms with Crippen LogP contribution in [0.5, 0.6) is 0 Å². The summed E-state index contributed by atoms with van der Waals surface area (Å²) in [5, 5.41) is 4.92. The SMILES string of the molecule is Clc1ccc2c(c1)C=Nc1cc(Cl)c(Cl)cc1N2. The van der Waals surface area contributed by atoms with Gasteiger partial charge in [0.05, 0.1) is 21.4 Å². The molecular weight excluding hydrogens is 291 g/mol. The molecule has 0 spiro atoms. The molecule has 1 aliphatic rings. The number of benzene rings is 2. The van der Waals surface area contributed by atoms with E-state index in [2.05, 4.69) is 10.3 Å². The van der Waals surface area contributed by atoms with Gasteiger partial charge in [0.1, 0.15) is 0 Å². The molecule has 1 N–H and O–H groups in total. The number of halogens is 3. The molecular formula is C13H7Cl3N2. The van der Waals surface area contributed by atoms with E-state index in [1.165, 1.54) is 0 Å². The minimum Gasteiger partial charge on any atom is -0.353 e. The summed E-state index contributed by atoms with van der Waals surface area (Å²) in [6.07, 6.45) is 1.75. The molecule has 0 saturated heterocycles. The minimum absolute atomic E-state index is 0.485. The average Bonchev–Trinajstić information content (AvgIpc) is 2.50. The normalized spacial score (nSPS) is 12.4. The second-order valence-corrected chi connectivity index (χ2v) is 5.15. The van der Waals surface area contributed by atoms with Gasteiger partial charge in [0.2, 0.25) is 0 Å². The smallest absolute Gasteiger partial charge is 0.0880 e. The standard InChI is InChI=1S/C13H7Cl3N2/c14-8-1-2-11-7(3-8)6-17-12-4-9(15)10(16)5-13(12)18-11/h1-6,18H. The van der Waals surface area contributed by atoms with Crippen molar-refractivity contribution in [2.24, 2.45) is 4.99 Å². The maximum atomic E-state index is 6.01. The summed E-state index contributed by atoms with van der Waals surface area (Å²) < 4.78 is 0. The van der Waals surface area contributed by atoms with Gasteiger partial charge in [0.25, 0.3) is 0 Å². The van der Waals surface area contributed by atoms with Crippen molar-refractivity contribution in [3.8, 4) is 0 Å². The first kappa shape index (κ1) is 11.8. The third kappa shape index (κ3) is 2.07. The van der Waals surface area contributed by atoms with Crippen molar-refractivity contribution in [3.05, 3.63) is 51.0 Å². The van der Waals surface area contributed by atoms with Crippen molar-refractivity contribution in [1.29, 1.82) is 0 Å². The molecule has 1 heterocycles. The monoisotopic (exact) mass is 296 g/mol. The van der Waals surface area contributed by atoms with Crippen LogP contribution in [0.3, 0.4) is 0 Å². The van der Waals surface area contributed by atoms with Crippen molar-refractivity contribution in [2.75, 3.05) is 5.32 Å². The van der Waals surface area contributed by atoms with Gasteiger partial charge in [-0.3, -0.25) is 4.99 Å². The van der Waals surface area contributed by atoms with Crippen LogP contribution in [0.4, 0.5) is 17.1 Å². The Morgan fingerprint density at radius 2 is 1.67 bits per heavy atom. The number of hydrogen-bond donors (Lipinski definition) is 1. The van der Waals surface area contributed by atoms with E-state index in [9.17, 15) is 0 Å². The molecule has 18 heavy (non-hydrogen) atoms. The molecule has 0 saturated carbocycles. The van der Waals surface area contributed by atoms with E-state index >= 15 is 0 Å². The lowest BCUT2D eigenvalue weighted by molar-refractivity contribution is 1.51. The van der Waals surface area contributed by atoms with Gasteiger partial charge >= 0.3 is 0 Å². The number of rotatable bonds is 0. The summed E-state index contributed by atoms with van der Waals surface area (Å²) in [4.78, 5) is 4.38. The zero-order valence-corrected chi connectivity index (χ0v) is 11.3. The summed E-state index contributed by atoms with van der Waals surface area (Å²) >= 11 is 17.9. The van der Waals surface area contributed by atoms with Crippen LogP contribution in [0.15, 0.2) is 35.3 Å². The van der Waals surface area contributed by atoms with Crippen LogP contribution in [0.1, 0.15) is 5.56 Å². The van der Waals surface area contributed by atoms with Gasteiger partial charge in [-0.25, -0.2) is 0 Å². The Kier molecular flexibility index (Phi) is 2.94. The quantitative estimate of drug-likeness (QED) is 0.586. The molecule has 0 bridgehead atoms. The van der Waals surface area contributed by atoms with Crippen LogP contribution in [-0.2, 0) is 0 Å². The number of fused-ring (bicyclic) bond motifs is 2. The summed E-state index contributed by atoms with van der Waals surface area (Å²) in [6.45, 7) is 0. The predicted octanol–water partition coefficient (Wildman–Crippen LogP) is 5.45. The number of nitrogens with zero attached hydrogens (tertiary/aromatic N) is 1. The minimum atomic E-state index is 0.485. The molecule has 0 radical (unpaired) electrons. The Morgan fingerprint density at radius 3 is 2.50 bits per heavy atom. The first-order valence-corrected chi connectivity index (χ1v) is 6.36. The highest BCUT2D eigenvalue weighted by atomic mass is 35.5. The maximum Gasteiger partial charge on any atom is 0.0880 e. The molecule has 0 unspecified atom stereocenters. The second-order valence-electron chi connectivity index (χ2n) is 3.90. The molecule has 0 aromatic heterocycles. The van der Waals surface area contributed by atoms with E-state index in [4.69, 9.17) is 34.8 Å². The van der Waals surface area contributed by atoms with Crippen molar-refractivity contribution in [2.45, 2.75) is 0 Å². The highest BCUT2D eigenvalue weighted by Crippen LogP contribution is 2.38. The zero-order chi connectivity index (χ0) is 12.7. The van der Waals surface area contributed by atoms with Crippen LogP contribution >= 0.6 is 34.8 Å². The molecule has 2 aromatic rings. The van der Waals surface area contributed by atoms with E-state index in [0.717, 1.165) is 22.6 Å². The van der Waals surface area contributed by atoms with Gasteiger partial charge in [-0.1, -0.05) is 34.8 Å². The van der Waals surface area contributed by atoms with Crippen LogP contribution in [0.2, 0.25) is 15.1 Å². The van der Waals surface area contributed by atoms with E-state index < -0.39 is 0 Å². The van der Waals surface area contributed by atoms with Gasteiger partial charge in [0, 0.05) is 22.5 Å². The third-order valence-corrected chi connectivity index (χ3v) is 3.62. The van der Waals surface area contributed by atoms with Crippen LogP contribution < -0.4 is 5.32 Å². The molecule has 0 atom stereocenters. The Labute approximate surface area is 119 Å². The fraction of sp³-hybridized carbons (Fsp3) is 0. The van der Waals surface area contributed by atoms with E-state index in [-0.39, 0.29) is 0 Å². The molecule has 1 aliphatic heterocycles. The lowest BCUT2D eigenvalue weighted by Crippen LogP contribution is -1.93. The Bertz CT molecular complexity index is 666. The highest BCUT2D eigenvalue weighted by Gasteiger charge is 2.12. The molecule has 3 rings (SSSR count). The second kappa shape index (κ2) is 4.47. The van der Waals surface area contributed by atoms with Crippen molar-refractivity contribution in [3.63, 3.8) is 0 Å². The van der Waals surface area contributed by atoms with E-state index in [1.807, 2.05) is 18.2 Å². The molecule has 2 nitrogen and oxygen atoms in total. The number of nitrogens with one attached hydrogen (secondary N) is 1. The summed E-state index contributed by atoms with van der Waals surface area (Å²) in [7, 11) is 0. The Hall–Kier alpha value is -1.22. The highest BCUT2D eigenvalue weighted by molar-refractivity contribution is 6.42. The summed E-state index contributed by atoms with van der Waals surface area (Å²) in [5.41, 5.74) is 3.42. The van der Waals surface area contributed by atoms with Crippen LogP contribution in [0.25, 0.3) is 0 Å². The Balaban J connectivity index is 2.17. The number of aliphatic imine (C=N–C) groups is 1. The maximum absolute atomic E-state index is 6.01. The van der Waals surface area contributed by atoms with Crippen LogP contribution in [-0.4, -0.2) is 6.21 Å². The molecule has 0 aliphatic carbocycles. The van der Waals surface area contributed by atoms with Gasteiger partial charge in [0.15, 0.2) is 0 Å². The largest absolute Gasteiger partial charge is 0.353 e. The van der Waals surface area contributed by atoms with E-state index in [1.54, 1.807) is 18.3 Å². The first-order chi connectivity index (χ1) is 8.63. The zero-order valence-electron chi connectivity index (χ0n) is 9.05. The number of hydrogen-bond acceptors (Lipinski definition) is 2. The lowest BCUT2D eigenvalue weighted by Gasteiger charge is -2.10. The van der Waals surface area contributed by atoms with Gasteiger partial charge in [-0.05, 0) is 30.3 Å². The van der Waals surface area contributed by atoms with Crippen molar-refractivity contribution < 1.29 is 0 Å². The van der Waals surface area contributed by atoms with Crippen LogP contribution in [0, 0.1) is 0 Å².